The van der Waals surface area contributed by atoms with Gasteiger partial charge in [-0.3, -0.25) is 14.8 Å². The molecule has 7 heteroatoms. The number of hydrogen-bond donors (Lipinski definition) is 1. The molecular weight excluding hydrogens is 290 g/mol. The van der Waals surface area contributed by atoms with Gasteiger partial charge in [-0.05, 0) is 18.4 Å². The molecule has 2 heterocycles. The Kier molecular flexibility index (Phi) is 5.27. The molecule has 112 valence electrons. The zero-order valence-electron chi connectivity index (χ0n) is 12.1. The molecule has 0 unspecified atom stereocenters. The minimum Gasteiger partial charge on any atom is -0.294 e. The zero-order chi connectivity index (χ0) is 15.2. The van der Waals surface area contributed by atoms with Gasteiger partial charge in [-0.1, -0.05) is 24.9 Å². The lowest BCUT2D eigenvalue weighted by Gasteiger charge is -2.04. The van der Waals surface area contributed by atoms with Gasteiger partial charge in [0.05, 0.1) is 6.42 Å². The van der Waals surface area contributed by atoms with Crippen molar-refractivity contribution in [3.63, 3.8) is 0 Å². The van der Waals surface area contributed by atoms with E-state index in [-0.39, 0.29) is 12.3 Å². The SMILES string of the molecule is CCCCc1cnc(NC(=O)Cc2cn(C)nc2Cl)nc1. The number of nitrogens with one attached hydrogen (secondary N) is 1. The average molecular weight is 308 g/mol. The molecule has 0 bridgehead atoms. The van der Waals surface area contributed by atoms with Crippen molar-refractivity contribution in [2.24, 2.45) is 7.05 Å². The van der Waals surface area contributed by atoms with Crippen molar-refractivity contribution in [3.05, 3.63) is 34.9 Å². The number of aromatic nitrogens is 4. The Labute approximate surface area is 128 Å². The third-order valence-corrected chi connectivity index (χ3v) is 3.30. The quantitative estimate of drug-likeness (QED) is 0.889. The van der Waals surface area contributed by atoms with E-state index in [0.29, 0.717) is 16.7 Å². The van der Waals surface area contributed by atoms with Gasteiger partial charge < -0.3 is 0 Å². The van der Waals surface area contributed by atoms with Crippen molar-refractivity contribution < 1.29 is 4.79 Å². The molecule has 0 radical (unpaired) electrons. The molecule has 2 aromatic rings. The van der Waals surface area contributed by atoms with E-state index < -0.39 is 0 Å². The first-order valence-corrected chi connectivity index (χ1v) is 7.25. The highest BCUT2D eigenvalue weighted by molar-refractivity contribution is 6.30. The molecule has 0 fully saturated rings. The van der Waals surface area contributed by atoms with Gasteiger partial charge in [0.15, 0.2) is 5.15 Å². The number of nitrogens with zero attached hydrogens (tertiary/aromatic N) is 4. The van der Waals surface area contributed by atoms with Crippen LogP contribution in [0.4, 0.5) is 5.95 Å². The summed E-state index contributed by atoms with van der Waals surface area (Å²) >= 11 is 5.92. The minimum atomic E-state index is -0.216. The summed E-state index contributed by atoms with van der Waals surface area (Å²) < 4.78 is 1.57. The van der Waals surface area contributed by atoms with Crippen molar-refractivity contribution in [1.82, 2.24) is 19.7 Å². The van der Waals surface area contributed by atoms with E-state index in [2.05, 4.69) is 27.3 Å². The van der Waals surface area contributed by atoms with Gasteiger partial charge in [0.2, 0.25) is 11.9 Å². The Bertz CT molecular complexity index is 608. The number of hydrogen-bond acceptors (Lipinski definition) is 4. The third kappa shape index (κ3) is 4.53. The van der Waals surface area contributed by atoms with Crippen molar-refractivity contribution >= 4 is 23.5 Å². The van der Waals surface area contributed by atoms with E-state index in [1.165, 1.54) is 0 Å². The Morgan fingerprint density at radius 2 is 2.10 bits per heavy atom. The number of rotatable bonds is 6. The van der Waals surface area contributed by atoms with Crippen LogP contribution in [0.3, 0.4) is 0 Å². The lowest BCUT2D eigenvalue weighted by atomic mass is 10.2. The summed E-state index contributed by atoms with van der Waals surface area (Å²) in [5, 5.41) is 6.97. The summed E-state index contributed by atoms with van der Waals surface area (Å²) in [6.07, 6.45) is 8.55. The maximum atomic E-state index is 11.9. The largest absolute Gasteiger partial charge is 0.294 e. The monoisotopic (exact) mass is 307 g/mol. The van der Waals surface area contributed by atoms with Crippen LogP contribution < -0.4 is 5.32 Å². The number of aryl methyl sites for hydroxylation is 2. The number of anilines is 1. The molecule has 1 N–H and O–H groups in total. The Morgan fingerprint density at radius 3 is 2.67 bits per heavy atom. The lowest BCUT2D eigenvalue weighted by Crippen LogP contribution is -2.16. The van der Waals surface area contributed by atoms with E-state index in [1.807, 2.05) is 0 Å². The molecule has 0 aliphatic heterocycles. The molecule has 0 saturated carbocycles. The first-order chi connectivity index (χ1) is 10.1. The van der Waals surface area contributed by atoms with Crippen molar-refractivity contribution in [2.45, 2.75) is 32.6 Å². The highest BCUT2D eigenvalue weighted by Gasteiger charge is 2.11. The first kappa shape index (κ1) is 15.4. The summed E-state index contributed by atoms with van der Waals surface area (Å²) in [6, 6.07) is 0. The first-order valence-electron chi connectivity index (χ1n) is 6.87. The predicted molar refractivity (Wildman–Crippen MR) is 81.2 cm³/mol. The van der Waals surface area contributed by atoms with E-state index in [4.69, 9.17) is 11.6 Å². The summed E-state index contributed by atoms with van der Waals surface area (Å²) in [4.78, 5) is 20.2. The van der Waals surface area contributed by atoms with Crippen molar-refractivity contribution in [3.8, 4) is 0 Å². The molecule has 6 nitrogen and oxygen atoms in total. The average Bonchev–Trinajstić information content (AvgIpc) is 2.76. The summed E-state index contributed by atoms with van der Waals surface area (Å²) in [6.45, 7) is 2.14. The van der Waals surface area contributed by atoms with Crippen LogP contribution in [0.25, 0.3) is 0 Å². The summed E-state index contributed by atoms with van der Waals surface area (Å²) in [7, 11) is 1.76. The molecule has 0 aromatic carbocycles. The Hall–Kier alpha value is -1.95. The number of amides is 1. The Morgan fingerprint density at radius 1 is 1.38 bits per heavy atom. The fraction of sp³-hybridized carbons (Fsp3) is 0.429. The normalized spacial score (nSPS) is 10.6. The molecule has 0 atom stereocenters. The second-order valence-electron chi connectivity index (χ2n) is 4.86. The maximum absolute atomic E-state index is 11.9. The molecule has 2 aromatic heterocycles. The smallest absolute Gasteiger partial charge is 0.231 e. The molecular formula is C14H18ClN5O. The van der Waals surface area contributed by atoms with Gasteiger partial charge >= 0.3 is 0 Å². The highest BCUT2D eigenvalue weighted by Crippen LogP contribution is 2.13. The minimum absolute atomic E-state index is 0.146. The topological polar surface area (TPSA) is 72.7 Å². The second kappa shape index (κ2) is 7.17. The van der Waals surface area contributed by atoms with Gasteiger partial charge in [0, 0.05) is 31.2 Å². The van der Waals surface area contributed by atoms with Gasteiger partial charge in [0.25, 0.3) is 0 Å². The number of halogens is 1. The van der Waals surface area contributed by atoms with Crippen LogP contribution in [0.15, 0.2) is 18.6 Å². The van der Waals surface area contributed by atoms with Gasteiger partial charge in [0.1, 0.15) is 0 Å². The van der Waals surface area contributed by atoms with E-state index in [1.54, 1.807) is 30.3 Å². The fourth-order valence-electron chi connectivity index (χ4n) is 1.90. The van der Waals surface area contributed by atoms with Crippen LogP contribution in [0.5, 0.6) is 0 Å². The fourth-order valence-corrected chi connectivity index (χ4v) is 2.13. The molecule has 0 aliphatic carbocycles. The van der Waals surface area contributed by atoms with Crippen molar-refractivity contribution in [1.29, 1.82) is 0 Å². The molecule has 21 heavy (non-hydrogen) atoms. The highest BCUT2D eigenvalue weighted by atomic mass is 35.5. The van der Waals surface area contributed by atoms with E-state index in [0.717, 1.165) is 24.8 Å². The van der Waals surface area contributed by atoms with Crippen molar-refractivity contribution in [2.75, 3.05) is 5.32 Å². The van der Waals surface area contributed by atoms with Crippen LogP contribution in [0.1, 0.15) is 30.9 Å². The molecule has 0 spiro atoms. The second-order valence-corrected chi connectivity index (χ2v) is 5.22. The standard InChI is InChI=1S/C14H18ClN5O/c1-3-4-5-10-7-16-14(17-8-10)18-12(21)6-11-9-20(2)19-13(11)15/h7-9H,3-6H2,1-2H3,(H,16,17,18,21). The summed E-state index contributed by atoms with van der Waals surface area (Å²) in [5.41, 5.74) is 1.75. The third-order valence-electron chi connectivity index (χ3n) is 2.98. The number of carbonyl (C=O) groups is 1. The van der Waals surface area contributed by atoms with Gasteiger partial charge in [-0.2, -0.15) is 5.10 Å². The molecule has 1 amide bonds. The number of unbranched alkanes of at least 4 members (excludes halogenated alkanes) is 1. The van der Waals surface area contributed by atoms with Crippen LogP contribution in [0, 0.1) is 0 Å². The summed E-state index contributed by atoms with van der Waals surface area (Å²) in [5.74, 6) is 0.0893. The van der Waals surface area contributed by atoms with Crippen LogP contribution in [-0.4, -0.2) is 25.7 Å². The predicted octanol–water partition coefficient (Wildman–Crippen LogP) is 2.39. The zero-order valence-corrected chi connectivity index (χ0v) is 12.9. The molecule has 0 aliphatic rings. The van der Waals surface area contributed by atoms with Crippen LogP contribution >= 0.6 is 11.6 Å². The van der Waals surface area contributed by atoms with Gasteiger partial charge in [-0.15, -0.1) is 0 Å². The van der Waals surface area contributed by atoms with Gasteiger partial charge in [-0.25, -0.2) is 9.97 Å². The molecule has 2 rings (SSSR count). The van der Waals surface area contributed by atoms with Crippen LogP contribution in [-0.2, 0) is 24.7 Å². The number of carbonyl (C=O) groups excluding carboxylic acids is 1. The van der Waals surface area contributed by atoms with E-state index >= 15 is 0 Å². The van der Waals surface area contributed by atoms with Crippen LogP contribution in [0.2, 0.25) is 5.15 Å². The Balaban J connectivity index is 1.91. The maximum Gasteiger partial charge on any atom is 0.231 e. The van der Waals surface area contributed by atoms with E-state index in [9.17, 15) is 4.79 Å². The lowest BCUT2D eigenvalue weighted by molar-refractivity contribution is -0.115. The molecule has 0 saturated heterocycles.